The molecule has 14 heavy (non-hydrogen) atoms. The van der Waals surface area contributed by atoms with E-state index >= 15 is 0 Å². The van der Waals surface area contributed by atoms with Crippen molar-refractivity contribution >= 4 is 23.4 Å². The molecule has 4 heteroatoms. The molecule has 0 radical (unpaired) electrons. The monoisotopic (exact) mass is 230 g/mol. The van der Waals surface area contributed by atoms with Crippen molar-refractivity contribution in [3.05, 3.63) is 17.0 Å². The van der Waals surface area contributed by atoms with E-state index in [1.807, 2.05) is 13.0 Å². The topological polar surface area (TPSA) is 25.8 Å². The van der Waals surface area contributed by atoms with Crippen molar-refractivity contribution in [3.63, 3.8) is 0 Å². The maximum Gasteiger partial charge on any atom is 0.133 e. The fourth-order valence-electron chi connectivity index (χ4n) is 1.11. The Morgan fingerprint density at radius 3 is 2.79 bits per heavy atom. The van der Waals surface area contributed by atoms with Gasteiger partial charge in [-0.3, -0.25) is 0 Å². The lowest BCUT2D eigenvalue weighted by molar-refractivity contribution is 0.778. The first-order valence-electron chi connectivity index (χ1n) is 4.86. The molecule has 0 amide bonds. The lowest BCUT2D eigenvalue weighted by atomic mass is 10.3. The summed E-state index contributed by atoms with van der Waals surface area (Å²) in [5.41, 5.74) is 0. The Hall–Kier alpha value is -0.280. The predicted molar refractivity (Wildman–Crippen MR) is 62.0 cm³/mol. The molecule has 2 nitrogen and oxygen atoms in total. The third kappa shape index (κ3) is 4.29. The second kappa shape index (κ2) is 6.25. The van der Waals surface area contributed by atoms with Gasteiger partial charge in [-0.1, -0.05) is 31.4 Å². The SMILES string of the molecule is CCCCCSc1cc(Cl)nc(C)n1. The number of hydrogen-bond acceptors (Lipinski definition) is 3. The van der Waals surface area contributed by atoms with Gasteiger partial charge in [-0.15, -0.1) is 11.8 Å². The van der Waals surface area contributed by atoms with Gasteiger partial charge in [-0.05, 0) is 19.1 Å². The third-order valence-electron chi connectivity index (χ3n) is 1.78. The fraction of sp³-hybridized carbons (Fsp3) is 0.600. The summed E-state index contributed by atoms with van der Waals surface area (Å²) < 4.78 is 0. The zero-order valence-electron chi connectivity index (χ0n) is 8.59. The molecule has 1 aromatic rings. The molecule has 1 heterocycles. The molecule has 1 rings (SSSR count). The lowest BCUT2D eigenvalue weighted by Crippen LogP contribution is -1.90. The van der Waals surface area contributed by atoms with Crippen LogP contribution in [-0.4, -0.2) is 15.7 Å². The van der Waals surface area contributed by atoms with Crippen LogP contribution in [0, 0.1) is 6.92 Å². The van der Waals surface area contributed by atoms with Gasteiger partial charge < -0.3 is 0 Å². The number of nitrogens with zero attached hydrogens (tertiary/aromatic N) is 2. The third-order valence-corrected chi connectivity index (χ3v) is 2.97. The smallest absolute Gasteiger partial charge is 0.133 e. The van der Waals surface area contributed by atoms with Crippen molar-refractivity contribution in [2.45, 2.75) is 38.1 Å². The van der Waals surface area contributed by atoms with Crippen LogP contribution in [0.3, 0.4) is 0 Å². The molecule has 0 fully saturated rings. The molecule has 0 saturated heterocycles. The van der Waals surface area contributed by atoms with Crippen LogP contribution in [0.1, 0.15) is 32.0 Å². The van der Waals surface area contributed by atoms with E-state index in [1.165, 1.54) is 19.3 Å². The van der Waals surface area contributed by atoms with Gasteiger partial charge in [0.1, 0.15) is 16.0 Å². The summed E-state index contributed by atoms with van der Waals surface area (Å²) in [5.74, 6) is 1.86. The van der Waals surface area contributed by atoms with Gasteiger partial charge in [-0.2, -0.15) is 0 Å². The molecule has 0 aromatic carbocycles. The Kier molecular flexibility index (Phi) is 5.26. The van der Waals surface area contributed by atoms with Gasteiger partial charge in [0.2, 0.25) is 0 Å². The van der Waals surface area contributed by atoms with Gasteiger partial charge in [0.25, 0.3) is 0 Å². The van der Waals surface area contributed by atoms with Crippen LogP contribution in [0.4, 0.5) is 0 Å². The molecule has 0 saturated carbocycles. The molecular formula is C10H15ClN2S. The molecule has 0 bridgehead atoms. The van der Waals surface area contributed by atoms with Crippen LogP contribution in [0.2, 0.25) is 5.15 Å². The number of aromatic nitrogens is 2. The second-order valence-corrected chi connectivity index (χ2v) is 4.63. The standard InChI is InChI=1S/C10H15ClN2S/c1-3-4-5-6-14-10-7-9(11)12-8(2)13-10/h7H,3-6H2,1-2H3. The molecule has 0 atom stereocenters. The van der Waals surface area contributed by atoms with E-state index in [-0.39, 0.29) is 0 Å². The number of halogens is 1. The molecule has 0 aliphatic carbocycles. The first kappa shape index (κ1) is 11.8. The summed E-state index contributed by atoms with van der Waals surface area (Å²) in [5, 5.41) is 1.52. The number of aryl methyl sites for hydroxylation is 1. The Labute approximate surface area is 94.5 Å². The first-order chi connectivity index (χ1) is 6.72. The minimum Gasteiger partial charge on any atom is -0.227 e. The van der Waals surface area contributed by atoms with E-state index < -0.39 is 0 Å². The van der Waals surface area contributed by atoms with Gasteiger partial charge in [0, 0.05) is 6.07 Å². The first-order valence-corrected chi connectivity index (χ1v) is 6.22. The zero-order chi connectivity index (χ0) is 10.4. The van der Waals surface area contributed by atoms with Crippen LogP contribution in [0.15, 0.2) is 11.1 Å². The summed E-state index contributed by atoms with van der Waals surface area (Å²) in [7, 11) is 0. The number of rotatable bonds is 5. The molecular weight excluding hydrogens is 216 g/mol. The largest absolute Gasteiger partial charge is 0.227 e. The Morgan fingerprint density at radius 1 is 1.36 bits per heavy atom. The van der Waals surface area contributed by atoms with Crippen LogP contribution >= 0.6 is 23.4 Å². The normalized spacial score (nSPS) is 10.5. The highest BCUT2D eigenvalue weighted by Crippen LogP contribution is 2.19. The van der Waals surface area contributed by atoms with Gasteiger partial charge >= 0.3 is 0 Å². The summed E-state index contributed by atoms with van der Waals surface area (Å²) >= 11 is 7.58. The Balaban J connectivity index is 2.42. The predicted octanol–water partition coefficient (Wildman–Crippen LogP) is 3.72. The van der Waals surface area contributed by atoms with Gasteiger partial charge in [0.05, 0.1) is 0 Å². The molecule has 0 aliphatic heterocycles. The Bertz CT molecular complexity index is 271. The molecule has 1 aromatic heterocycles. The van der Waals surface area contributed by atoms with Gasteiger partial charge in [-0.25, -0.2) is 9.97 Å². The van der Waals surface area contributed by atoms with Gasteiger partial charge in [0.15, 0.2) is 0 Å². The average Bonchev–Trinajstić information content (AvgIpc) is 2.11. The molecule has 0 aliphatic rings. The summed E-state index contributed by atoms with van der Waals surface area (Å²) in [6, 6.07) is 1.82. The minimum atomic E-state index is 0.537. The molecule has 0 spiro atoms. The number of unbranched alkanes of at least 4 members (excludes halogenated alkanes) is 2. The van der Waals surface area contributed by atoms with E-state index in [2.05, 4.69) is 16.9 Å². The van der Waals surface area contributed by atoms with Crippen molar-refractivity contribution in [2.75, 3.05) is 5.75 Å². The molecule has 0 N–H and O–H groups in total. The maximum atomic E-state index is 5.83. The molecule has 0 unspecified atom stereocenters. The lowest BCUT2D eigenvalue weighted by Gasteiger charge is -2.01. The fourth-order valence-corrected chi connectivity index (χ4v) is 2.35. The highest BCUT2D eigenvalue weighted by atomic mass is 35.5. The van der Waals surface area contributed by atoms with Crippen LogP contribution in [0.25, 0.3) is 0 Å². The zero-order valence-corrected chi connectivity index (χ0v) is 10.2. The second-order valence-electron chi connectivity index (χ2n) is 3.13. The van der Waals surface area contributed by atoms with Crippen LogP contribution in [0.5, 0.6) is 0 Å². The minimum absolute atomic E-state index is 0.537. The summed E-state index contributed by atoms with van der Waals surface area (Å²) in [6.07, 6.45) is 3.77. The van der Waals surface area contributed by atoms with Crippen molar-refractivity contribution in [2.24, 2.45) is 0 Å². The quantitative estimate of drug-likeness (QED) is 0.438. The highest BCUT2D eigenvalue weighted by Gasteiger charge is 2.00. The summed E-state index contributed by atoms with van der Waals surface area (Å²) in [6.45, 7) is 4.07. The van der Waals surface area contributed by atoms with E-state index in [0.717, 1.165) is 16.6 Å². The van der Waals surface area contributed by atoms with Crippen molar-refractivity contribution in [1.29, 1.82) is 0 Å². The van der Waals surface area contributed by atoms with E-state index in [0.29, 0.717) is 5.15 Å². The van der Waals surface area contributed by atoms with Crippen molar-refractivity contribution in [1.82, 2.24) is 9.97 Å². The maximum absolute atomic E-state index is 5.83. The van der Waals surface area contributed by atoms with Crippen molar-refractivity contribution < 1.29 is 0 Å². The average molecular weight is 231 g/mol. The number of thioether (sulfide) groups is 1. The summed E-state index contributed by atoms with van der Waals surface area (Å²) in [4.78, 5) is 8.32. The molecule has 78 valence electrons. The van der Waals surface area contributed by atoms with Crippen molar-refractivity contribution in [3.8, 4) is 0 Å². The van der Waals surface area contributed by atoms with E-state index in [1.54, 1.807) is 11.8 Å². The van der Waals surface area contributed by atoms with Crippen LogP contribution < -0.4 is 0 Å². The van der Waals surface area contributed by atoms with Crippen LogP contribution in [-0.2, 0) is 0 Å². The van der Waals surface area contributed by atoms with E-state index in [9.17, 15) is 0 Å². The highest BCUT2D eigenvalue weighted by molar-refractivity contribution is 7.99. The number of hydrogen-bond donors (Lipinski definition) is 0. The van der Waals surface area contributed by atoms with E-state index in [4.69, 9.17) is 11.6 Å². The Morgan fingerprint density at radius 2 is 2.14 bits per heavy atom.